The lowest BCUT2D eigenvalue weighted by molar-refractivity contribution is 0.175. The Labute approximate surface area is 217 Å². The van der Waals surface area contributed by atoms with Gasteiger partial charge in [0.15, 0.2) is 0 Å². The summed E-state index contributed by atoms with van der Waals surface area (Å²) in [5, 5.41) is 3.46. The summed E-state index contributed by atoms with van der Waals surface area (Å²) in [6, 6.07) is 29.4. The summed E-state index contributed by atoms with van der Waals surface area (Å²) in [6.45, 7) is 13.0. The second-order valence-corrected chi connectivity index (χ2v) is 10.2. The maximum atomic E-state index is 5.94. The van der Waals surface area contributed by atoms with Gasteiger partial charge in [0.05, 0.1) is 6.61 Å². The minimum Gasteiger partial charge on any atom is -0.489 e. The van der Waals surface area contributed by atoms with Crippen LogP contribution in [-0.2, 0) is 17.9 Å². The zero-order valence-electron chi connectivity index (χ0n) is 21.9. The summed E-state index contributed by atoms with van der Waals surface area (Å²) in [5.74, 6) is 1.63. The molecule has 0 aromatic heterocycles. The fraction of sp³-hybridized carbons (Fsp3) is 0.400. The summed E-state index contributed by atoms with van der Waals surface area (Å²) in [7, 11) is 1.74. The second kappa shape index (κ2) is 17.2. The van der Waals surface area contributed by atoms with Crippen molar-refractivity contribution in [2.75, 3.05) is 26.8 Å². The average Bonchev–Trinajstić information content (AvgIpc) is 2.87. The van der Waals surface area contributed by atoms with E-state index in [0.717, 1.165) is 32.0 Å². The molecule has 0 heterocycles. The Kier molecular flexibility index (Phi) is 14.2. The van der Waals surface area contributed by atoms with Crippen LogP contribution in [0.4, 0.5) is 0 Å². The van der Waals surface area contributed by atoms with Gasteiger partial charge in [-0.05, 0) is 62.0 Å². The fourth-order valence-electron chi connectivity index (χ4n) is 3.23. The Morgan fingerprint density at radius 3 is 2.09 bits per heavy atom. The molecule has 0 aliphatic rings. The normalized spacial score (nSPS) is 11.0. The van der Waals surface area contributed by atoms with Crippen molar-refractivity contribution in [2.24, 2.45) is 5.92 Å². The Balaban J connectivity index is 0.000000258. The van der Waals surface area contributed by atoms with Gasteiger partial charge in [-0.3, -0.25) is 0 Å². The van der Waals surface area contributed by atoms with E-state index in [1.165, 1.54) is 16.0 Å². The molecule has 5 heteroatoms. The lowest BCUT2D eigenvalue weighted by atomic mass is 10.1. The average molecular weight is 495 g/mol. The topological polar surface area (TPSA) is 33.7 Å². The van der Waals surface area contributed by atoms with Crippen molar-refractivity contribution in [3.05, 3.63) is 96.1 Å². The highest BCUT2D eigenvalue weighted by molar-refractivity contribution is 7.97. The third kappa shape index (κ3) is 12.3. The molecule has 0 bridgehead atoms. The van der Waals surface area contributed by atoms with Crippen molar-refractivity contribution in [1.29, 1.82) is 0 Å². The maximum Gasteiger partial charge on any atom is 0.124 e. The molecule has 1 N–H and O–H groups in total. The SMILES string of the molecule is CC(C)CNCc1ccccc1OCc1ccccc1.COCCN(Sc1ccccc1)C(C)C. The summed E-state index contributed by atoms with van der Waals surface area (Å²) in [5.41, 5.74) is 2.40. The molecule has 0 fully saturated rings. The fourth-order valence-corrected chi connectivity index (χ4v) is 4.16. The Bertz CT molecular complexity index is 920. The van der Waals surface area contributed by atoms with Crippen molar-refractivity contribution in [3.8, 4) is 5.75 Å². The summed E-state index contributed by atoms with van der Waals surface area (Å²) >= 11 is 1.79. The molecule has 0 unspecified atom stereocenters. The zero-order valence-corrected chi connectivity index (χ0v) is 22.8. The molecule has 0 spiro atoms. The second-order valence-electron chi connectivity index (χ2n) is 9.04. The van der Waals surface area contributed by atoms with E-state index in [1.807, 2.05) is 36.4 Å². The molecule has 3 aromatic rings. The van der Waals surface area contributed by atoms with Gasteiger partial charge in [0.2, 0.25) is 0 Å². The van der Waals surface area contributed by atoms with Crippen LogP contribution in [0.1, 0.15) is 38.8 Å². The Morgan fingerprint density at radius 1 is 0.829 bits per heavy atom. The highest BCUT2D eigenvalue weighted by Crippen LogP contribution is 2.24. The number of benzene rings is 3. The van der Waals surface area contributed by atoms with Crippen LogP contribution in [0.5, 0.6) is 5.75 Å². The van der Waals surface area contributed by atoms with E-state index in [-0.39, 0.29) is 0 Å². The summed E-state index contributed by atoms with van der Waals surface area (Å²) in [4.78, 5) is 1.28. The third-order valence-electron chi connectivity index (χ3n) is 5.14. The van der Waals surface area contributed by atoms with Gasteiger partial charge in [-0.1, -0.05) is 80.6 Å². The van der Waals surface area contributed by atoms with E-state index < -0.39 is 0 Å². The van der Waals surface area contributed by atoms with Crippen molar-refractivity contribution >= 4 is 11.9 Å². The monoisotopic (exact) mass is 494 g/mol. The van der Waals surface area contributed by atoms with Crippen molar-refractivity contribution < 1.29 is 9.47 Å². The lowest BCUT2D eigenvalue weighted by Crippen LogP contribution is -2.27. The number of methoxy groups -OCH3 is 1. The van der Waals surface area contributed by atoms with E-state index >= 15 is 0 Å². The number of hydrogen-bond acceptors (Lipinski definition) is 5. The largest absolute Gasteiger partial charge is 0.489 e. The first-order valence-corrected chi connectivity index (χ1v) is 13.2. The Hall–Kier alpha value is -2.31. The predicted molar refractivity (Wildman–Crippen MR) is 150 cm³/mol. The molecule has 0 amide bonds. The number of hydrogen-bond donors (Lipinski definition) is 1. The molecular formula is C30H42N2O2S. The number of ether oxygens (including phenoxy) is 2. The minimum atomic E-state index is 0.519. The standard InChI is InChI=1S/C18H23NO.C12H19NOS/c1-15(2)12-19-13-17-10-6-7-11-18(17)20-14-16-8-4-3-5-9-16;1-11(2)13(9-10-14-3)15-12-7-5-4-6-8-12/h3-11,15,19H,12-14H2,1-2H3;4-8,11H,9-10H2,1-3H3. The number of para-hydroxylation sites is 1. The van der Waals surface area contributed by atoms with Gasteiger partial charge < -0.3 is 14.8 Å². The zero-order chi connectivity index (χ0) is 25.3. The van der Waals surface area contributed by atoms with Gasteiger partial charge in [0.25, 0.3) is 0 Å². The summed E-state index contributed by atoms with van der Waals surface area (Å²) < 4.78 is 13.4. The van der Waals surface area contributed by atoms with Crippen LogP contribution in [0.2, 0.25) is 0 Å². The summed E-state index contributed by atoms with van der Waals surface area (Å²) in [6.07, 6.45) is 0. The lowest BCUT2D eigenvalue weighted by Gasteiger charge is -2.24. The quantitative estimate of drug-likeness (QED) is 0.257. The first-order chi connectivity index (χ1) is 17.0. The number of rotatable bonds is 13. The van der Waals surface area contributed by atoms with Gasteiger partial charge >= 0.3 is 0 Å². The van der Waals surface area contributed by atoms with Crippen molar-refractivity contribution in [2.45, 2.75) is 51.8 Å². The van der Waals surface area contributed by atoms with Gasteiger partial charge in [0, 0.05) is 36.7 Å². The first-order valence-electron chi connectivity index (χ1n) is 12.4. The molecule has 190 valence electrons. The molecule has 0 aliphatic carbocycles. The molecular weight excluding hydrogens is 452 g/mol. The van der Waals surface area contributed by atoms with Gasteiger partial charge in [-0.25, -0.2) is 4.31 Å². The van der Waals surface area contributed by atoms with Crippen molar-refractivity contribution in [1.82, 2.24) is 9.62 Å². The van der Waals surface area contributed by atoms with Gasteiger partial charge in [0.1, 0.15) is 12.4 Å². The molecule has 0 radical (unpaired) electrons. The van der Waals surface area contributed by atoms with E-state index in [9.17, 15) is 0 Å². The maximum absolute atomic E-state index is 5.94. The minimum absolute atomic E-state index is 0.519. The number of nitrogens with one attached hydrogen (secondary N) is 1. The van der Waals surface area contributed by atoms with E-state index in [0.29, 0.717) is 18.6 Å². The molecule has 4 nitrogen and oxygen atoms in total. The third-order valence-corrected chi connectivity index (χ3v) is 6.46. The predicted octanol–water partition coefficient (Wildman–Crippen LogP) is 7.06. The van der Waals surface area contributed by atoms with Crippen LogP contribution in [0.3, 0.4) is 0 Å². The van der Waals surface area contributed by atoms with Crippen molar-refractivity contribution in [3.63, 3.8) is 0 Å². The van der Waals surface area contributed by atoms with Crippen LogP contribution in [0.25, 0.3) is 0 Å². The van der Waals surface area contributed by atoms with E-state index in [4.69, 9.17) is 9.47 Å². The molecule has 0 atom stereocenters. The Morgan fingerprint density at radius 2 is 1.46 bits per heavy atom. The molecule has 35 heavy (non-hydrogen) atoms. The van der Waals surface area contributed by atoms with E-state index in [1.54, 1.807) is 19.1 Å². The van der Waals surface area contributed by atoms with Crippen LogP contribution in [0.15, 0.2) is 89.8 Å². The van der Waals surface area contributed by atoms with Crippen LogP contribution >= 0.6 is 11.9 Å². The molecule has 0 saturated carbocycles. The molecule has 3 rings (SSSR count). The van der Waals surface area contributed by atoms with Crippen LogP contribution in [0, 0.1) is 5.92 Å². The highest BCUT2D eigenvalue weighted by Gasteiger charge is 2.10. The van der Waals surface area contributed by atoms with Crippen LogP contribution < -0.4 is 10.1 Å². The van der Waals surface area contributed by atoms with Gasteiger partial charge in [-0.2, -0.15) is 0 Å². The molecule has 3 aromatic carbocycles. The number of nitrogens with zero attached hydrogens (tertiary/aromatic N) is 1. The molecule has 0 saturated heterocycles. The van der Waals surface area contributed by atoms with Crippen LogP contribution in [-0.4, -0.2) is 37.2 Å². The molecule has 0 aliphatic heterocycles. The smallest absolute Gasteiger partial charge is 0.124 e. The van der Waals surface area contributed by atoms with Gasteiger partial charge in [-0.15, -0.1) is 0 Å². The first kappa shape index (κ1) is 28.9. The highest BCUT2D eigenvalue weighted by atomic mass is 32.2. The van der Waals surface area contributed by atoms with E-state index in [2.05, 4.69) is 85.8 Å².